The van der Waals surface area contributed by atoms with E-state index in [1.807, 2.05) is 38.3 Å². The van der Waals surface area contributed by atoms with Crippen LogP contribution in [0.3, 0.4) is 0 Å². The monoisotopic (exact) mass is 924 g/mol. The number of nitrogens with zero attached hydrogens (tertiary/aromatic N) is 7. The summed E-state index contributed by atoms with van der Waals surface area (Å²) >= 11 is 1.41. The van der Waals surface area contributed by atoms with Crippen LogP contribution < -0.4 is 16.1 Å². The Labute approximate surface area is 390 Å². The second-order valence-corrected chi connectivity index (χ2v) is 20.4. The number of aromatic nitrogens is 3. The number of cyclic esters (lactones) is 1. The topological polar surface area (TPSA) is 193 Å². The zero-order chi connectivity index (χ0) is 47.2. The molecule has 6 atom stereocenters. The number of ether oxygens (including phenoxy) is 2. The van der Waals surface area contributed by atoms with Crippen LogP contribution in [-0.4, -0.2) is 148 Å². The fourth-order valence-corrected chi connectivity index (χ4v) is 10.6. The lowest BCUT2D eigenvalue weighted by Gasteiger charge is -2.37. The van der Waals surface area contributed by atoms with E-state index in [2.05, 4.69) is 59.7 Å². The third-order valence-electron chi connectivity index (χ3n) is 13.6. The molecular weight excluding hydrogens is 861 g/mol. The summed E-state index contributed by atoms with van der Waals surface area (Å²) in [6.45, 7) is 12.0. The molecule has 1 aromatic carbocycles. The molecule has 354 valence electrons. The van der Waals surface area contributed by atoms with E-state index in [1.165, 1.54) is 21.2 Å². The standard InChI is InChI=1S/C48H64N10O7S/c1-27(2)41(56(8)47(63)54(6)30-16-19-57(24-30)44(60)36-23-50-36)43(59)52-35-21-39-51-37(25-66-39)29-14-15-38-32(20-29)33(42(55(38)7)31-12-10-17-49-40(31)28(3)64-9)22-48(4,5)26-65-46(62)34-13-11-18-58(53-34)45(35)61/h10,12,14-15,17,20,25,27-28,30,34-36,41,50,53H,11,13,16,18-19,21-24,26H2,1-9H3,(H,52,59)/t28-,30-,34-,35-,36+,41-/m0/s1. The van der Waals surface area contributed by atoms with Crippen molar-refractivity contribution in [2.24, 2.45) is 18.4 Å². The Morgan fingerprint density at radius 3 is 2.59 bits per heavy atom. The van der Waals surface area contributed by atoms with Crippen LogP contribution in [0.5, 0.6) is 0 Å². The van der Waals surface area contributed by atoms with Crippen LogP contribution in [0.4, 0.5) is 4.79 Å². The Bertz CT molecular complexity index is 2500. The molecule has 3 fully saturated rings. The number of hydrazine groups is 1. The third kappa shape index (κ3) is 9.55. The summed E-state index contributed by atoms with van der Waals surface area (Å²) < 4.78 is 14.1. The first-order valence-electron chi connectivity index (χ1n) is 23.1. The first-order chi connectivity index (χ1) is 31.5. The maximum Gasteiger partial charge on any atom is 0.324 e. The molecule has 66 heavy (non-hydrogen) atoms. The fourth-order valence-electron chi connectivity index (χ4n) is 9.79. The van der Waals surface area contributed by atoms with E-state index < -0.39 is 41.3 Å². The van der Waals surface area contributed by atoms with Gasteiger partial charge in [0.25, 0.3) is 5.91 Å². The van der Waals surface area contributed by atoms with Gasteiger partial charge < -0.3 is 39.4 Å². The SMILES string of the molecule is CO[C@@H](C)c1ncccc1-c1c2c3cc(ccc3n1C)-c1csc(n1)C[C@H](NC(=O)[C@H](C(C)C)N(C)C(=O)N(C)[C@H]1CCN(C(=O)[C@H]3CN3)C1)C(=O)N1CCC[C@H](N1)C(=O)OCC(C)(C)C2. The second kappa shape index (κ2) is 19.1. The first kappa shape index (κ1) is 47.1. The highest BCUT2D eigenvalue weighted by atomic mass is 32.1. The predicted molar refractivity (Wildman–Crippen MR) is 251 cm³/mol. The van der Waals surface area contributed by atoms with Crippen LogP contribution >= 0.6 is 11.3 Å². The number of carbonyl (C=O) groups is 5. The van der Waals surface area contributed by atoms with Crippen LogP contribution in [0.2, 0.25) is 0 Å². The lowest BCUT2D eigenvalue weighted by atomic mass is 9.84. The number of pyridine rings is 1. The number of aryl methyl sites for hydroxylation is 1. The van der Waals surface area contributed by atoms with Crippen LogP contribution in [0.15, 0.2) is 41.9 Å². The molecule has 3 saturated heterocycles. The minimum absolute atomic E-state index is 0.0484. The number of thiazole rings is 1. The van der Waals surface area contributed by atoms with Crippen molar-refractivity contribution < 1.29 is 33.4 Å². The molecule has 0 unspecified atom stereocenters. The van der Waals surface area contributed by atoms with Crippen molar-refractivity contribution in [2.45, 2.75) is 103 Å². The second-order valence-electron chi connectivity index (χ2n) is 19.5. The van der Waals surface area contributed by atoms with Crippen LogP contribution in [-0.2, 0) is 48.5 Å². The molecule has 3 N–H and O–H groups in total. The van der Waals surface area contributed by atoms with Crippen LogP contribution in [0.25, 0.3) is 33.4 Å². The Kier molecular flexibility index (Phi) is 13.6. The number of urea groups is 1. The predicted octanol–water partition coefficient (Wildman–Crippen LogP) is 4.30. The molecule has 4 aromatic rings. The maximum atomic E-state index is 14.6. The van der Waals surface area contributed by atoms with Crippen molar-refractivity contribution in [3.05, 3.63) is 58.2 Å². The summed E-state index contributed by atoms with van der Waals surface area (Å²) in [5.74, 6) is -1.64. The van der Waals surface area contributed by atoms with E-state index in [9.17, 15) is 24.0 Å². The summed E-state index contributed by atoms with van der Waals surface area (Å²) in [7, 11) is 7.04. The van der Waals surface area contributed by atoms with E-state index in [0.717, 1.165) is 44.7 Å². The maximum absolute atomic E-state index is 14.6. The van der Waals surface area contributed by atoms with Crippen molar-refractivity contribution in [3.8, 4) is 22.5 Å². The van der Waals surface area contributed by atoms with Gasteiger partial charge in [0.1, 0.15) is 18.1 Å². The van der Waals surface area contributed by atoms with Crippen LogP contribution in [0, 0.1) is 11.3 Å². The van der Waals surface area contributed by atoms with Crippen LogP contribution in [0.1, 0.15) is 76.3 Å². The summed E-state index contributed by atoms with van der Waals surface area (Å²) in [6, 6.07) is 6.81. The van der Waals surface area contributed by atoms with Crippen molar-refractivity contribution in [2.75, 3.05) is 54.0 Å². The third-order valence-corrected chi connectivity index (χ3v) is 14.5. The van der Waals surface area contributed by atoms with E-state index >= 15 is 0 Å². The molecule has 0 radical (unpaired) electrons. The highest BCUT2D eigenvalue weighted by Crippen LogP contribution is 2.41. The number of hydrogen-bond donors (Lipinski definition) is 3. The van der Waals surface area contributed by atoms with Crippen molar-refractivity contribution in [1.82, 2.24) is 50.3 Å². The minimum Gasteiger partial charge on any atom is -0.464 e. The van der Waals surface area contributed by atoms with E-state index in [-0.39, 0.29) is 49.1 Å². The number of nitrogens with one attached hydrogen (secondary N) is 3. The molecule has 4 aliphatic heterocycles. The molecule has 5 amide bonds. The number of fused-ring (bicyclic) bond motifs is 6. The molecule has 0 aliphatic carbocycles. The molecule has 4 aliphatic rings. The van der Waals surface area contributed by atoms with E-state index in [0.29, 0.717) is 56.9 Å². The molecule has 18 heteroatoms. The van der Waals surface area contributed by atoms with Gasteiger partial charge in [0.2, 0.25) is 11.8 Å². The smallest absolute Gasteiger partial charge is 0.324 e. The molecule has 0 saturated carbocycles. The number of rotatable bonds is 9. The zero-order valence-electron chi connectivity index (χ0n) is 39.6. The fraction of sp³-hybridized carbons (Fsp3) is 0.562. The van der Waals surface area contributed by atoms with Crippen molar-refractivity contribution >= 4 is 52.0 Å². The van der Waals surface area contributed by atoms with Crippen molar-refractivity contribution in [1.29, 1.82) is 0 Å². The Balaban J connectivity index is 1.12. The quantitative estimate of drug-likeness (QED) is 0.160. The van der Waals surface area contributed by atoms with Gasteiger partial charge in [0.05, 0.1) is 46.9 Å². The highest BCUT2D eigenvalue weighted by molar-refractivity contribution is 7.10. The first-order valence-corrected chi connectivity index (χ1v) is 23.9. The molecule has 6 bridgehead atoms. The average Bonchev–Trinajstić information content (AvgIpc) is 3.73. The van der Waals surface area contributed by atoms with Gasteiger partial charge in [-0.05, 0) is 68.4 Å². The van der Waals surface area contributed by atoms with Gasteiger partial charge in [-0.2, -0.15) is 0 Å². The molecule has 0 spiro atoms. The van der Waals surface area contributed by atoms with Gasteiger partial charge in [-0.3, -0.25) is 29.2 Å². The normalized spacial score (nSPS) is 23.0. The van der Waals surface area contributed by atoms with Crippen molar-refractivity contribution in [3.63, 3.8) is 0 Å². The molecule has 8 rings (SSSR count). The molecule has 17 nitrogen and oxygen atoms in total. The number of likely N-dealkylation sites (tertiary alicyclic amines) is 1. The lowest BCUT2D eigenvalue weighted by Crippen LogP contribution is -2.62. The number of methoxy groups -OCH3 is 1. The zero-order valence-corrected chi connectivity index (χ0v) is 40.4. The Morgan fingerprint density at radius 1 is 1.09 bits per heavy atom. The number of likely N-dealkylation sites (N-methyl/N-ethyl adjacent to an activating group) is 2. The number of amides is 5. The number of esters is 1. The number of hydrogen-bond acceptors (Lipinski definition) is 12. The van der Waals surface area contributed by atoms with Gasteiger partial charge in [-0.15, -0.1) is 11.3 Å². The summed E-state index contributed by atoms with van der Waals surface area (Å²) in [5.41, 5.74) is 9.14. The lowest BCUT2D eigenvalue weighted by molar-refractivity contribution is -0.155. The van der Waals surface area contributed by atoms with Gasteiger partial charge in [-0.25, -0.2) is 15.2 Å². The average molecular weight is 925 g/mol. The Morgan fingerprint density at radius 2 is 1.86 bits per heavy atom. The Hall–Kier alpha value is -5.43. The molecular formula is C48H64N10O7S. The van der Waals surface area contributed by atoms with E-state index in [4.69, 9.17) is 19.4 Å². The number of benzene rings is 1. The van der Waals surface area contributed by atoms with E-state index in [1.54, 1.807) is 37.2 Å². The minimum atomic E-state index is -1.08. The van der Waals surface area contributed by atoms with Gasteiger partial charge in [0.15, 0.2) is 0 Å². The van der Waals surface area contributed by atoms with Gasteiger partial charge in [-0.1, -0.05) is 33.8 Å². The van der Waals surface area contributed by atoms with Gasteiger partial charge in [0, 0.05) is 99.9 Å². The molecule has 7 heterocycles. The highest BCUT2D eigenvalue weighted by Gasteiger charge is 2.42. The van der Waals surface area contributed by atoms with Gasteiger partial charge >= 0.3 is 12.0 Å². The summed E-state index contributed by atoms with van der Waals surface area (Å²) in [6.07, 6.45) is 3.81. The summed E-state index contributed by atoms with van der Waals surface area (Å²) in [5, 5.41) is 11.1. The largest absolute Gasteiger partial charge is 0.464 e. The number of carbonyl (C=O) groups excluding carboxylic acids is 5. The summed E-state index contributed by atoms with van der Waals surface area (Å²) in [4.78, 5) is 84.5. The molecule has 3 aromatic heterocycles.